The zero-order valence-electron chi connectivity index (χ0n) is 27.7. The Morgan fingerprint density at radius 3 is 2.41 bits per heavy atom. The molecule has 7 rings (SSSR count). The molecule has 0 aliphatic carbocycles. The number of rotatable bonds is 6. The number of aromatic nitrogens is 6. The fourth-order valence-corrected chi connectivity index (χ4v) is 7.69. The highest BCUT2D eigenvalue weighted by Gasteiger charge is 2.39. The van der Waals surface area contributed by atoms with Crippen molar-refractivity contribution in [2.45, 2.75) is 55.8 Å². The summed E-state index contributed by atoms with van der Waals surface area (Å²) in [5.41, 5.74) is -1.66. The van der Waals surface area contributed by atoms with E-state index in [4.69, 9.17) is 4.74 Å². The van der Waals surface area contributed by atoms with Gasteiger partial charge in [0.15, 0.2) is 5.65 Å². The van der Waals surface area contributed by atoms with Crippen molar-refractivity contribution in [2.75, 3.05) is 18.4 Å². The van der Waals surface area contributed by atoms with Crippen LogP contribution in [0, 0.1) is 0 Å². The zero-order valence-corrected chi connectivity index (χ0v) is 28.6. The minimum atomic E-state index is -4.87. The Bertz CT molecular complexity index is 2350. The van der Waals surface area contributed by atoms with Gasteiger partial charge in [0.1, 0.15) is 17.0 Å². The third-order valence-electron chi connectivity index (χ3n) is 8.47. The number of fused-ring (bicyclic) bond motifs is 2. The first kappa shape index (κ1) is 34.0. The third kappa shape index (κ3) is 6.70. The van der Waals surface area contributed by atoms with Crippen LogP contribution in [-0.2, 0) is 20.9 Å². The van der Waals surface area contributed by atoms with Gasteiger partial charge in [-0.3, -0.25) is 4.40 Å². The SMILES string of the molecule is CC(C)(C)OC(=O)N1CC(Nc2ncc(C(F)(F)F)c(-c3cn(S(=O)(=O)c4ccccc4)c4ccccc34)n2)CC(c2nnc3ccccn23)C1. The molecule has 0 saturated carbocycles. The van der Waals surface area contributed by atoms with Crippen molar-refractivity contribution in [1.29, 1.82) is 0 Å². The lowest BCUT2D eigenvalue weighted by molar-refractivity contribution is -0.137. The fraction of sp³-hybridized carbons (Fsp3) is 0.286. The lowest BCUT2D eigenvalue weighted by Crippen LogP contribution is -2.50. The fourth-order valence-electron chi connectivity index (χ4n) is 6.29. The molecule has 1 amide bonds. The van der Waals surface area contributed by atoms with Crippen LogP contribution in [0.2, 0.25) is 0 Å². The van der Waals surface area contributed by atoms with Gasteiger partial charge in [-0.2, -0.15) is 13.2 Å². The Hall–Kier alpha value is -5.51. The maximum absolute atomic E-state index is 14.5. The van der Waals surface area contributed by atoms with E-state index in [2.05, 4.69) is 25.5 Å². The van der Waals surface area contributed by atoms with Crippen molar-refractivity contribution < 1.29 is 31.1 Å². The number of anilines is 1. The molecule has 4 aromatic heterocycles. The summed E-state index contributed by atoms with van der Waals surface area (Å²) in [4.78, 5) is 23.2. The van der Waals surface area contributed by atoms with Gasteiger partial charge < -0.3 is 15.0 Å². The van der Waals surface area contributed by atoms with Gasteiger partial charge in [-0.05, 0) is 57.5 Å². The smallest absolute Gasteiger partial charge is 0.419 e. The van der Waals surface area contributed by atoms with Crippen LogP contribution < -0.4 is 5.32 Å². The predicted octanol–water partition coefficient (Wildman–Crippen LogP) is 6.60. The molecule has 1 aliphatic heterocycles. The van der Waals surface area contributed by atoms with Gasteiger partial charge in [-0.1, -0.05) is 42.5 Å². The molecule has 5 heterocycles. The maximum atomic E-state index is 14.5. The number of ether oxygens (including phenoxy) is 1. The molecular weight excluding hydrogens is 685 g/mol. The molecule has 16 heteroatoms. The van der Waals surface area contributed by atoms with Gasteiger partial charge >= 0.3 is 12.3 Å². The Morgan fingerprint density at radius 2 is 1.67 bits per heavy atom. The van der Waals surface area contributed by atoms with Crippen LogP contribution in [0.3, 0.4) is 0 Å². The number of amides is 1. The number of carbonyl (C=O) groups excluding carboxylic acids is 1. The van der Waals surface area contributed by atoms with Gasteiger partial charge in [-0.25, -0.2) is 27.2 Å². The number of piperidine rings is 1. The van der Waals surface area contributed by atoms with E-state index in [1.54, 1.807) is 63.2 Å². The number of hydrogen-bond acceptors (Lipinski definition) is 9. The van der Waals surface area contributed by atoms with E-state index < -0.39 is 45.2 Å². The number of nitrogens with zero attached hydrogens (tertiary/aromatic N) is 7. The molecule has 6 aromatic rings. The predicted molar refractivity (Wildman–Crippen MR) is 183 cm³/mol. The molecule has 0 radical (unpaired) electrons. The van der Waals surface area contributed by atoms with Crippen molar-refractivity contribution >= 4 is 38.6 Å². The van der Waals surface area contributed by atoms with Crippen molar-refractivity contribution in [2.24, 2.45) is 0 Å². The molecule has 264 valence electrons. The normalized spacial score (nSPS) is 17.2. The summed E-state index contributed by atoms with van der Waals surface area (Å²) in [6, 6.07) is 18.8. The summed E-state index contributed by atoms with van der Waals surface area (Å²) >= 11 is 0. The molecule has 1 aliphatic rings. The molecule has 0 bridgehead atoms. The summed E-state index contributed by atoms with van der Waals surface area (Å²) in [7, 11) is -4.19. The van der Waals surface area contributed by atoms with Crippen molar-refractivity contribution in [1.82, 2.24) is 33.4 Å². The first-order valence-corrected chi connectivity index (χ1v) is 17.5. The van der Waals surface area contributed by atoms with Crippen LogP contribution in [0.5, 0.6) is 0 Å². The Balaban J connectivity index is 1.29. The summed E-state index contributed by atoms with van der Waals surface area (Å²) < 4.78 is 79.5. The first-order valence-electron chi connectivity index (χ1n) is 16.1. The van der Waals surface area contributed by atoms with E-state index in [0.29, 0.717) is 24.1 Å². The van der Waals surface area contributed by atoms with Gasteiger partial charge in [0.05, 0.1) is 16.1 Å². The summed E-state index contributed by atoms with van der Waals surface area (Å²) in [5.74, 6) is 0.130. The van der Waals surface area contributed by atoms with Crippen molar-refractivity contribution in [3.8, 4) is 11.3 Å². The Labute approximate surface area is 291 Å². The number of para-hydroxylation sites is 1. The van der Waals surface area contributed by atoms with Gasteiger partial charge in [0, 0.05) is 54.6 Å². The topological polar surface area (TPSA) is 137 Å². The lowest BCUT2D eigenvalue weighted by Gasteiger charge is -2.38. The third-order valence-corrected chi connectivity index (χ3v) is 10.2. The number of nitrogens with one attached hydrogen (secondary N) is 1. The molecule has 0 spiro atoms. The molecule has 1 fully saturated rings. The summed E-state index contributed by atoms with van der Waals surface area (Å²) in [6.07, 6.45) is -1.36. The van der Waals surface area contributed by atoms with E-state index in [9.17, 15) is 26.4 Å². The van der Waals surface area contributed by atoms with E-state index in [1.165, 1.54) is 23.1 Å². The van der Waals surface area contributed by atoms with Crippen LogP contribution in [0.1, 0.15) is 44.5 Å². The second-order valence-electron chi connectivity index (χ2n) is 13.3. The molecule has 1 saturated heterocycles. The molecular formula is C35H33F3N8O4S. The average molecular weight is 719 g/mol. The number of likely N-dealkylation sites (tertiary alicyclic amines) is 1. The minimum Gasteiger partial charge on any atom is -0.444 e. The highest BCUT2D eigenvalue weighted by atomic mass is 32.2. The number of pyridine rings is 1. The van der Waals surface area contributed by atoms with Crippen molar-refractivity contribution in [3.05, 3.63) is 103 Å². The van der Waals surface area contributed by atoms with E-state index in [0.717, 1.165) is 10.2 Å². The molecule has 2 aromatic carbocycles. The van der Waals surface area contributed by atoms with E-state index in [1.807, 2.05) is 22.7 Å². The van der Waals surface area contributed by atoms with Crippen molar-refractivity contribution in [3.63, 3.8) is 0 Å². The Kier molecular flexibility index (Phi) is 8.44. The second kappa shape index (κ2) is 12.7. The first-order chi connectivity index (χ1) is 24.2. The number of halogens is 3. The minimum absolute atomic E-state index is 0.0276. The summed E-state index contributed by atoms with van der Waals surface area (Å²) in [6.45, 7) is 5.67. The largest absolute Gasteiger partial charge is 0.444 e. The second-order valence-corrected chi connectivity index (χ2v) is 15.1. The standard InChI is InChI=1S/C35H33F3N8O4S/c1-34(2,3)50-33(47)44-19-22(31-43-42-29-15-9-10-16-45(29)31)17-23(20-44)40-32-39-18-27(35(36,37)38)30(41-32)26-21-46(28-14-8-7-13-25(26)28)51(48,49)24-11-5-4-6-12-24/h4-16,18,21-23H,17,19-20H2,1-3H3,(H,39,40,41). The molecule has 1 N–H and O–H groups in total. The number of hydrogen-bond donors (Lipinski definition) is 1. The lowest BCUT2D eigenvalue weighted by atomic mass is 9.93. The average Bonchev–Trinajstić information content (AvgIpc) is 3.70. The quantitative estimate of drug-likeness (QED) is 0.202. The molecule has 2 unspecified atom stereocenters. The van der Waals surface area contributed by atoms with Crippen LogP contribution in [0.25, 0.3) is 27.8 Å². The maximum Gasteiger partial charge on any atom is 0.419 e. The van der Waals surface area contributed by atoms with E-state index in [-0.39, 0.29) is 46.3 Å². The highest BCUT2D eigenvalue weighted by Crippen LogP contribution is 2.40. The number of alkyl halides is 3. The van der Waals surface area contributed by atoms with E-state index >= 15 is 0 Å². The molecule has 51 heavy (non-hydrogen) atoms. The van der Waals surface area contributed by atoms with Gasteiger partial charge in [0.2, 0.25) is 5.95 Å². The molecule has 12 nitrogen and oxygen atoms in total. The van der Waals surface area contributed by atoms with Gasteiger partial charge in [0.25, 0.3) is 10.0 Å². The summed E-state index contributed by atoms with van der Waals surface area (Å²) in [5, 5.41) is 12.0. The monoisotopic (exact) mass is 718 g/mol. The number of benzene rings is 2. The molecule has 2 atom stereocenters. The van der Waals surface area contributed by atoms with Crippen LogP contribution in [0.4, 0.5) is 23.9 Å². The zero-order chi connectivity index (χ0) is 36.1. The number of carbonyl (C=O) groups is 1. The van der Waals surface area contributed by atoms with Gasteiger partial charge in [-0.15, -0.1) is 10.2 Å². The highest BCUT2D eigenvalue weighted by molar-refractivity contribution is 7.90. The van der Waals surface area contributed by atoms with Crippen LogP contribution in [-0.4, -0.2) is 72.7 Å². The van der Waals surface area contributed by atoms with Crippen LogP contribution in [0.15, 0.2) is 96.3 Å². The van der Waals surface area contributed by atoms with Crippen LogP contribution >= 0.6 is 0 Å². The Morgan fingerprint density at radius 1 is 0.941 bits per heavy atom.